The second-order valence-corrected chi connectivity index (χ2v) is 4.40. The Hall–Kier alpha value is -0.810. The summed E-state index contributed by atoms with van der Waals surface area (Å²) in [4.78, 5) is 13.8. The minimum atomic E-state index is -0.0803. The van der Waals surface area contributed by atoms with Crippen LogP contribution < -0.4 is 5.32 Å². The monoisotopic (exact) mass is 244 g/mol. The third kappa shape index (κ3) is 4.16. The van der Waals surface area contributed by atoms with Gasteiger partial charge in [-0.1, -0.05) is 13.8 Å². The number of ether oxygens (including phenoxy) is 1. The highest BCUT2D eigenvalue weighted by molar-refractivity contribution is 5.75. The van der Waals surface area contributed by atoms with E-state index in [0.717, 1.165) is 25.9 Å². The molecule has 0 aromatic heterocycles. The number of carbonyl (C=O) groups is 1. The van der Waals surface area contributed by atoms with Crippen molar-refractivity contribution in [3.05, 3.63) is 0 Å². The van der Waals surface area contributed by atoms with Crippen molar-refractivity contribution in [2.75, 3.05) is 26.4 Å². The molecule has 1 rings (SSSR count). The number of hydrogen-bond donors (Lipinski definition) is 2. The molecule has 0 spiro atoms. The van der Waals surface area contributed by atoms with Gasteiger partial charge in [0.1, 0.15) is 0 Å². The lowest BCUT2D eigenvalue weighted by atomic mass is 10.1. The van der Waals surface area contributed by atoms with Crippen molar-refractivity contribution in [1.82, 2.24) is 10.2 Å². The molecule has 2 N–H and O–H groups in total. The number of aliphatic hydroxyl groups is 1. The summed E-state index contributed by atoms with van der Waals surface area (Å²) in [5, 5.41) is 12.0. The Morgan fingerprint density at radius 3 is 2.71 bits per heavy atom. The number of carbonyl (C=O) groups excluding carboxylic acids is 1. The van der Waals surface area contributed by atoms with Crippen molar-refractivity contribution < 1.29 is 14.6 Å². The number of hydrogen-bond acceptors (Lipinski definition) is 3. The molecule has 0 radical (unpaired) electrons. The molecule has 0 aromatic carbocycles. The molecule has 0 saturated carbocycles. The molecule has 0 aliphatic carbocycles. The smallest absolute Gasteiger partial charge is 0.318 e. The lowest BCUT2D eigenvalue weighted by Crippen LogP contribution is -2.50. The van der Waals surface area contributed by atoms with Gasteiger partial charge in [0.2, 0.25) is 0 Å². The number of rotatable bonds is 6. The Morgan fingerprint density at radius 2 is 2.24 bits per heavy atom. The van der Waals surface area contributed by atoms with E-state index >= 15 is 0 Å². The van der Waals surface area contributed by atoms with Gasteiger partial charge >= 0.3 is 6.03 Å². The van der Waals surface area contributed by atoms with Gasteiger partial charge in [-0.15, -0.1) is 0 Å². The maximum atomic E-state index is 12.1. The minimum absolute atomic E-state index is 0.00505. The standard InChI is InChI=1S/C12H24N2O3/c1-3-11(4-2)14(6-7-15)12(16)13-10-5-8-17-9-10/h10-11,15H,3-9H2,1-2H3,(H,13,16). The molecule has 1 atom stereocenters. The van der Waals surface area contributed by atoms with Crippen LogP contribution in [0.4, 0.5) is 4.79 Å². The normalized spacial score (nSPS) is 19.6. The Bertz CT molecular complexity index is 226. The predicted octanol–water partition coefficient (Wildman–Crippen LogP) is 0.968. The zero-order valence-electron chi connectivity index (χ0n) is 10.8. The number of amides is 2. The fraction of sp³-hybridized carbons (Fsp3) is 0.917. The first-order valence-electron chi connectivity index (χ1n) is 6.48. The fourth-order valence-corrected chi connectivity index (χ4v) is 2.19. The van der Waals surface area contributed by atoms with Crippen LogP contribution in [-0.2, 0) is 4.74 Å². The number of nitrogens with one attached hydrogen (secondary N) is 1. The minimum Gasteiger partial charge on any atom is -0.395 e. The maximum Gasteiger partial charge on any atom is 0.318 e. The Labute approximate surface area is 103 Å². The summed E-state index contributed by atoms with van der Waals surface area (Å²) in [5.74, 6) is 0. The van der Waals surface area contributed by atoms with E-state index in [-0.39, 0.29) is 24.7 Å². The van der Waals surface area contributed by atoms with Crippen molar-refractivity contribution in [3.8, 4) is 0 Å². The van der Waals surface area contributed by atoms with Gasteiger partial charge < -0.3 is 20.1 Å². The van der Waals surface area contributed by atoms with Crippen LogP contribution in [0, 0.1) is 0 Å². The van der Waals surface area contributed by atoms with Crippen LogP contribution in [-0.4, -0.2) is 54.5 Å². The van der Waals surface area contributed by atoms with Crippen molar-refractivity contribution in [2.45, 2.75) is 45.2 Å². The van der Waals surface area contributed by atoms with Gasteiger partial charge in [0.25, 0.3) is 0 Å². The molecule has 17 heavy (non-hydrogen) atoms. The molecule has 1 aliphatic rings. The third-order valence-electron chi connectivity index (χ3n) is 3.24. The summed E-state index contributed by atoms with van der Waals surface area (Å²) in [7, 11) is 0. The van der Waals surface area contributed by atoms with Crippen LogP contribution in [0.3, 0.4) is 0 Å². The topological polar surface area (TPSA) is 61.8 Å². The summed E-state index contributed by atoms with van der Waals surface area (Å²) in [6.45, 7) is 5.84. The van der Waals surface area contributed by atoms with Crippen molar-refractivity contribution in [3.63, 3.8) is 0 Å². The molecule has 1 unspecified atom stereocenters. The largest absolute Gasteiger partial charge is 0.395 e. The first kappa shape index (κ1) is 14.3. The van der Waals surface area contributed by atoms with E-state index in [1.54, 1.807) is 4.90 Å². The van der Waals surface area contributed by atoms with Gasteiger partial charge in [0, 0.05) is 19.2 Å². The summed E-state index contributed by atoms with van der Waals surface area (Å²) >= 11 is 0. The molecule has 1 saturated heterocycles. The Morgan fingerprint density at radius 1 is 1.53 bits per heavy atom. The Balaban J connectivity index is 2.52. The van der Waals surface area contributed by atoms with E-state index in [1.807, 2.05) is 0 Å². The van der Waals surface area contributed by atoms with Gasteiger partial charge in [0.05, 0.1) is 19.3 Å². The van der Waals surface area contributed by atoms with Crippen molar-refractivity contribution in [1.29, 1.82) is 0 Å². The van der Waals surface area contributed by atoms with Crippen LogP contribution in [0.15, 0.2) is 0 Å². The zero-order valence-corrected chi connectivity index (χ0v) is 10.8. The van der Waals surface area contributed by atoms with Crippen LogP contribution in [0.5, 0.6) is 0 Å². The molecule has 1 fully saturated rings. The average molecular weight is 244 g/mol. The fourth-order valence-electron chi connectivity index (χ4n) is 2.19. The zero-order chi connectivity index (χ0) is 12.7. The number of aliphatic hydroxyl groups excluding tert-OH is 1. The second-order valence-electron chi connectivity index (χ2n) is 4.40. The summed E-state index contributed by atoms with van der Waals surface area (Å²) in [6, 6.07) is 0.241. The number of urea groups is 1. The van der Waals surface area contributed by atoms with E-state index in [1.165, 1.54) is 0 Å². The molecule has 0 aromatic rings. The van der Waals surface area contributed by atoms with E-state index < -0.39 is 0 Å². The van der Waals surface area contributed by atoms with Gasteiger partial charge in [-0.2, -0.15) is 0 Å². The molecular formula is C12H24N2O3. The SMILES string of the molecule is CCC(CC)N(CCO)C(=O)NC1CCOC1. The van der Waals surface area contributed by atoms with E-state index in [4.69, 9.17) is 9.84 Å². The molecular weight excluding hydrogens is 220 g/mol. The number of nitrogens with zero attached hydrogens (tertiary/aromatic N) is 1. The van der Waals surface area contributed by atoms with Gasteiger partial charge in [-0.05, 0) is 19.3 Å². The van der Waals surface area contributed by atoms with Crippen LogP contribution >= 0.6 is 0 Å². The quantitative estimate of drug-likeness (QED) is 0.732. The van der Waals surface area contributed by atoms with E-state index in [9.17, 15) is 4.79 Å². The lowest BCUT2D eigenvalue weighted by molar-refractivity contribution is 0.142. The molecule has 0 bridgehead atoms. The first-order chi connectivity index (χ1) is 8.22. The van der Waals surface area contributed by atoms with Crippen LogP contribution in [0.25, 0.3) is 0 Å². The van der Waals surface area contributed by atoms with Gasteiger partial charge in [0.15, 0.2) is 0 Å². The maximum absolute atomic E-state index is 12.1. The highest BCUT2D eigenvalue weighted by atomic mass is 16.5. The van der Waals surface area contributed by atoms with Crippen LogP contribution in [0.1, 0.15) is 33.1 Å². The predicted molar refractivity (Wildman–Crippen MR) is 65.9 cm³/mol. The summed E-state index contributed by atoms with van der Waals surface area (Å²) in [5.41, 5.74) is 0. The summed E-state index contributed by atoms with van der Waals surface area (Å²) < 4.78 is 5.23. The van der Waals surface area contributed by atoms with E-state index in [2.05, 4.69) is 19.2 Å². The first-order valence-corrected chi connectivity index (χ1v) is 6.48. The van der Waals surface area contributed by atoms with E-state index in [0.29, 0.717) is 13.2 Å². The Kier molecular flexibility index (Phi) is 6.29. The van der Waals surface area contributed by atoms with Gasteiger partial charge in [-0.25, -0.2) is 4.79 Å². The average Bonchev–Trinajstić information content (AvgIpc) is 2.82. The molecule has 5 nitrogen and oxygen atoms in total. The second kappa shape index (κ2) is 7.50. The highest BCUT2D eigenvalue weighted by Crippen LogP contribution is 2.10. The third-order valence-corrected chi connectivity index (χ3v) is 3.24. The van der Waals surface area contributed by atoms with Crippen LogP contribution in [0.2, 0.25) is 0 Å². The van der Waals surface area contributed by atoms with Crippen molar-refractivity contribution >= 4 is 6.03 Å². The molecule has 100 valence electrons. The van der Waals surface area contributed by atoms with Crippen molar-refractivity contribution in [2.24, 2.45) is 0 Å². The summed E-state index contributed by atoms with van der Waals surface area (Å²) in [6.07, 6.45) is 2.69. The van der Waals surface area contributed by atoms with Gasteiger partial charge in [-0.3, -0.25) is 0 Å². The molecule has 2 amide bonds. The highest BCUT2D eigenvalue weighted by Gasteiger charge is 2.24. The molecule has 5 heteroatoms. The molecule has 1 aliphatic heterocycles. The molecule has 1 heterocycles. The lowest BCUT2D eigenvalue weighted by Gasteiger charge is -2.31.